The molecular weight excluding hydrogens is 692 g/mol. The third-order valence-electron chi connectivity index (χ3n) is 9.77. The summed E-state index contributed by atoms with van der Waals surface area (Å²) in [6.07, 6.45) is 5.38. The summed E-state index contributed by atoms with van der Waals surface area (Å²) in [7, 11) is 0. The number of carbonyl (C=O) groups is 2. The monoisotopic (exact) mass is 738 g/mol. The molecule has 0 spiro atoms. The summed E-state index contributed by atoms with van der Waals surface area (Å²) in [5.41, 5.74) is 17.3. The second kappa shape index (κ2) is 17.4. The maximum atomic E-state index is 11.4. The van der Waals surface area contributed by atoms with E-state index in [2.05, 4.69) is 43.3 Å². The fourth-order valence-corrected chi connectivity index (χ4v) is 6.96. The number of halogens is 1. The summed E-state index contributed by atoms with van der Waals surface area (Å²) in [5, 5.41) is 15.5. The minimum absolute atomic E-state index is 0. The maximum Gasteiger partial charge on any atom is 0.284 e. The number of nitrogens with zero attached hydrogens (tertiary/aromatic N) is 4. The quantitative estimate of drug-likeness (QED) is 0.129. The van der Waals surface area contributed by atoms with Crippen LogP contribution in [-0.4, -0.2) is 80.6 Å². The number of nitriles is 1. The van der Waals surface area contributed by atoms with E-state index in [-0.39, 0.29) is 31.4 Å². The highest BCUT2D eigenvalue weighted by atomic mass is 35.5. The van der Waals surface area contributed by atoms with Gasteiger partial charge in [0.05, 0.1) is 11.6 Å². The molecule has 8 rings (SSSR count). The molecule has 3 aromatic carbocycles. The number of hydrogen-bond acceptors (Lipinski definition) is 9. The molecule has 2 saturated heterocycles. The van der Waals surface area contributed by atoms with Crippen molar-refractivity contribution in [3.8, 4) is 6.07 Å². The molecule has 53 heavy (non-hydrogen) atoms. The molecular formula is C40H47ClN8O4. The summed E-state index contributed by atoms with van der Waals surface area (Å²) in [6.45, 7) is 9.10. The number of aromatic nitrogens is 1. The lowest BCUT2D eigenvalue weighted by atomic mass is 10.1. The van der Waals surface area contributed by atoms with E-state index in [1.165, 1.54) is 10.9 Å². The number of furan rings is 2. The number of hydrogen-bond donors (Lipinski definition) is 4. The lowest BCUT2D eigenvalue weighted by molar-refractivity contribution is 0.0968. The third-order valence-corrected chi connectivity index (χ3v) is 9.77. The van der Waals surface area contributed by atoms with Gasteiger partial charge in [0.1, 0.15) is 11.2 Å². The highest BCUT2D eigenvalue weighted by Gasteiger charge is 2.19. The number of nitrogens with one attached hydrogen (secondary N) is 2. The van der Waals surface area contributed by atoms with Gasteiger partial charge < -0.3 is 40.4 Å². The molecule has 5 heterocycles. The second-order valence-electron chi connectivity index (χ2n) is 13.1. The molecule has 6 N–H and O–H groups in total. The average molecular weight is 739 g/mol. The molecule has 2 aliphatic rings. The molecule has 2 aliphatic heterocycles. The Bertz CT molecular complexity index is 2220. The lowest BCUT2D eigenvalue weighted by Gasteiger charge is -2.36. The van der Waals surface area contributed by atoms with E-state index in [1.807, 2.05) is 48.5 Å². The number of unbranched alkanes of at least 4 members (excludes halogenated alkanes) is 1. The maximum absolute atomic E-state index is 11.4. The number of amides is 2. The summed E-state index contributed by atoms with van der Waals surface area (Å²) >= 11 is 0. The zero-order valence-electron chi connectivity index (χ0n) is 28.9. The highest BCUT2D eigenvalue weighted by Crippen LogP contribution is 2.27. The predicted octanol–water partition coefficient (Wildman–Crippen LogP) is 6.03. The molecule has 2 fully saturated rings. The zero-order chi connectivity index (χ0) is 35.3. The number of piperazine rings is 2. The predicted molar refractivity (Wildman–Crippen MR) is 213 cm³/mol. The fourth-order valence-electron chi connectivity index (χ4n) is 6.96. The number of primary amides is 2. The van der Waals surface area contributed by atoms with Gasteiger partial charge in [0.25, 0.3) is 11.8 Å². The van der Waals surface area contributed by atoms with E-state index in [4.69, 9.17) is 25.6 Å². The molecule has 0 aliphatic carbocycles. The van der Waals surface area contributed by atoms with Crippen LogP contribution in [0.3, 0.4) is 0 Å². The molecule has 0 radical (unpaired) electrons. The first kappa shape index (κ1) is 38.7. The summed E-state index contributed by atoms with van der Waals surface area (Å²) < 4.78 is 10.9. The van der Waals surface area contributed by atoms with Crippen LogP contribution in [0.15, 0.2) is 81.8 Å². The number of rotatable bonds is 9. The van der Waals surface area contributed by atoms with Gasteiger partial charge in [-0.25, -0.2) is 0 Å². The second-order valence-corrected chi connectivity index (χ2v) is 13.1. The Morgan fingerprint density at radius 2 is 1.34 bits per heavy atom. The molecule has 278 valence electrons. The molecule has 0 saturated carbocycles. The van der Waals surface area contributed by atoms with Gasteiger partial charge in [-0.15, -0.1) is 12.4 Å². The number of aryl methyl sites for hydroxylation is 1. The van der Waals surface area contributed by atoms with Crippen molar-refractivity contribution in [2.45, 2.75) is 26.7 Å². The Labute approximate surface area is 315 Å². The van der Waals surface area contributed by atoms with Crippen molar-refractivity contribution in [1.29, 1.82) is 5.26 Å². The van der Waals surface area contributed by atoms with Crippen LogP contribution in [0, 0.1) is 11.3 Å². The summed E-state index contributed by atoms with van der Waals surface area (Å²) in [4.78, 5) is 33.0. The average Bonchev–Trinajstić information content (AvgIpc) is 3.90. The number of fused-ring (bicyclic) bond motifs is 3. The van der Waals surface area contributed by atoms with Crippen LogP contribution in [0.2, 0.25) is 0 Å². The van der Waals surface area contributed by atoms with Gasteiger partial charge in [0, 0.05) is 91.6 Å². The topological polar surface area (TPSA) is 174 Å². The van der Waals surface area contributed by atoms with Crippen LogP contribution in [0.5, 0.6) is 0 Å². The first-order valence-corrected chi connectivity index (χ1v) is 17.4. The van der Waals surface area contributed by atoms with Gasteiger partial charge in [0.2, 0.25) is 0 Å². The van der Waals surface area contributed by atoms with Crippen LogP contribution in [0.1, 0.15) is 52.5 Å². The van der Waals surface area contributed by atoms with Gasteiger partial charge in [-0.05, 0) is 98.1 Å². The fraction of sp³-hybridized carbons (Fsp3) is 0.325. The minimum Gasteiger partial charge on any atom is -0.451 e. The van der Waals surface area contributed by atoms with E-state index in [9.17, 15) is 9.59 Å². The van der Waals surface area contributed by atoms with Crippen LogP contribution < -0.4 is 26.6 Å². The molecule has 6 aromatic rings. The van der Waals surface area contributed by atoms with Crippen LogP contribution in [-0.2, 0) is 6.42 Å². The van der Waals surface area contributed by atoms with Crippen LogP contribution >= 0.6 is 12.4 Å². The molecule has 0 atom stereocenters. The first-order chi connectivity index (χ1) is 24.8. The minimum atomic E-state index is -0.544. The van der Waals surface area contributed by atoms with Crippen molar-refractivity contribution >= 4 is 68.4 Å². The number of aromatic amines is 1. The normalized spacial score (nSPS) is 14.6. The van der Waals surface area contributed by atoms with Gasteiger partial charge >= 0.3 is 0 Å². The van der Waals surface area contributed by atoms with Crippen molar-refractivity contribution in [1.82, 2.24) is 15.2 Å². The Balaban J connectivity index is 0.000000230. The number of nitrogens with two attached hydrogens (primary N) is 2. The number of carbonyl (C=O) groups excluding carboxylic acids is 2. The number of H-pyrrole nitrogens is 1. The van der Waals surface area contributed by atoms with Crippen LogP contribution in [0.4, 0.5) is 11.4 Å². The molecule has 13 heteroatoms. The molecule has 0 bridgehead atoms. The van der Waals surface area contributed by atoms with E-state index < -0.39 is 11.8 Å². The van der Waals surface area contributed by atoms with Gasteiger partial charge in [-0.2, -0.15) is 5.26 Å². The zero-order valence-corrected chi connectivity index (χ0v) is 29.7. The van der Waals surface area contributed by atoms with Gasteiger partial charge in [0.15, 0.2) is 11.5 Å². The van der Waals surface area contributed by atoms with E-state index in [1.54, 1.807) is 12.1 Å². The molecule has 3 aromatic heterocycles. The van der Waals surface area contributed by atoms with Crippen LogP contribution in [0.25, 0.3) is 32.8 Å². The Morgan fingerprint density at radius 1 is 0.755 bits per heavy atom. The Hall–Kier alpha value is -5.48. The Kier molecular flexibility index (Phi) is 12.7. The summed E-state index contributed by atoms with van der Waals surface area (Å²) in [5.74, 6) is -0.666. The molecule has 12 nitrogen and oxygen atoms in total. The first-order valence-electron chi connectivity index (χ1n) is 17.4. The van der Waals surface area contributed by atoms with Crippen molar-refractivity contribution in [3.63, 3.8) is 0 Å². The largest absolute Gasteiger partial charge is 0.451 e. The lowest BCUT2D eigenvalue weighted by Crippen LogP contribution is -2.46. The van der Waals surface area contributed by atoms with Crippen molar-refractivity contribution in [2.75, 3.05) is 68.7 Å². The van der Waals surface area contributed by atoms with E-state index in [0.29, 0.717) is 16.7 Å². The van der Waals surface area contributed by atoms with Crippen molar-refractivity contribution in [2.24, 2.45) is 11.5 Å². The van der Waals surface area contributed by atoms with Gasteiger partial charge in [-0.1, -0.05) is 7.43 Å². The van der Waals surface area contributed by atoms with Crippen molar-refractivity contribution in [3.05, 3.63) is 95.6 Å². The SMILES string of the molecule is C.Cl.N#Cc1ccc2[nH]cc(CCCCN3CCN(c4ccc5oc(C(N)=O)cc5c4)CC3)c2c1.NC(=O)c1cc2cc(N3CCNCC3)ccc2o1. The molecule has 0 unspecified atom stereocenters. The Morgan fingerprint density at radius 3 is 1.91 bits per heavy atom. The summed E-state index contributed by atoms with van der Waals surface area (Å²) in [6, 6.07) is 23.4. The number of benzene rings is 3. The number of anilines is 2. The standard InChI is InChI=1S/C26H27N5O2.C13H15N3O2.CH4.ClH/c27-16-18-4-6-23-22(13-18)19(17-29-23)3-1-2-8-30-9-11-31(12-10-30)21-5-7-24-20(14-21)15-25(33-24)26(28)32;14-13(17)12-8-9-7-10(1-2-11(9)18-12)16-5-3-15-4-6-16;;/h4-7,13-15,17,29H,1-3,8-12H2,(H2,28,32);1-2,7-8,15H,3-6H2,(H2,14,17);1H4;1H. The van der Waals surface area contributed by atoms with E-state index >= 15 is 0 Å². The van der Waals surface area contributed by atoms with Gasteiger partial charge in [-0.3, -0.25) is 14.5 Å². The highest BCUT2D eigenvalue weighted by molar-refractivity contribution is 5.96. The smallest absolute Gasteiger partial charge is 0.284 e. The molecule has 2 amide bonds. The van der Waals surface area contributed by atoms with E-state index in [0.717, 1.165) is 106 Å². The third kappa shape index (κ3) is 8.95. The van der Waals surface area contributed by atoms with Crippen molar-refractivity contribution < 1.29 is 18.4 Å².